The summed E-state index contributed by atoms with van der Waals surface area (Å²) in [5.41, 5.74) is 3.65. The third kappa shape index (κ3) is 4.37. The van der Waals surface area contributed by atoms with Gasteiger partial charge >= 0.3 is 0 Å². The number of hydrogen-bond donors (Lipinski definition) is 0. The summed E-state index contributed by atoms with van der Waals surface area (Å²) in [5, 5.41) is 1.23. The van der Waals surface area contributed by atoms with Crippen LogP contribution in [-0.4, -0.2) is 47.5 Å². The third-order valence-corrected chi connectivity index (χ3v) is 4.99. The monoisotopic (exact) mass is 343 g/mol. The number of benzene rings is 2. The summed E-state index contributed by atoms with van der Waals surface area (Å²) < 4.78 is 0. The molecule has 3 heteroatoms. The largest absolute Gasteiger partial charge is 0.297 e. The normalized spacial score (nSPS) is 16.5. The number of pyridine rings is 1. The van der Waals surface area contributed by atoms with Gasteiger partial charge in [-0.3, -0.25) is 14.8 Å². The van der Waals surface area contributed by atoms with Crippen LogP contribution in [0, 0.1) is 0 Å². The van der Waals surface area contributed by atoms with Crippen molar-refractivity contribution in [3.05, 3.63) is 84.1 Å². The fourth-order valence-electron chi connectivity index (χ4n) is 3.49. The van der Waals surface area contributed by atoms with E-state index in [9.17, 15) is 0 Å². The van der Waals surface area contributed by atoms with E-state index < -0.39 is 0 Å². The number of nitrogens with zero attached hydrogens (tertiary/aromatic N) is 3. The van der Waals surface area contributed by atoms with Gasteiger partial charge in [0, 0.05) is 50.9 Å². The van der Waals surface area contributed by atoms with Crippen molar-refractivity contribution >= 4 is 17.0 Å². The maximum absolute atomic E-state index is 4.58. The predicted octanol–water partition coefficient (Wildman–Crippen LogP) is 4.07. The first-order valence-electron chi connectivity index (χ1n) is 9.37. The average Bonchev–Trinajstić information content (AvgIpc) is 2.70. The van der Waals surface area contributed by atoms with Crippen LogP contribution < -0.4 is 0 Å². The van der Waals surface area contributed by atoms with Crippen molar-refractivity contribution in [3.63, 3.8) is 0 Å². The summed E-state index contributed by atoms with van der Waals surface area (Å²) in [7, 11) is 0. The number of para-hydroxylation sites is 1. The minimum absolute atomic E-state index is 0.992. The van der Waals surface area contributed by atoms with E-state index in [4.69, 9.17) is 0 Å². The molecule has 26 heavy (non-hydrogen) atoms. The molecule has 0 saturated carbocycles. The zero-order valence-electron chi connectivity index (χ0n) is 15.1. The minimum atomic E-state index is 0.992. The summed E-state index contributed by atoms with van der Waals surface area (Å²) in [5.74, 6) is 0. The van der Waals surface area contributed by atoms with Crippen molar-refractivity contribution in [3.8, 4) is 0 Å². The zero-order valence-corrected chi connectivity index (χ0v) is 15.1. The Hall–Kier alpha value is -2.49. The van der Waals surface area contributed by atoms with Crippen LogP contribution in [0.3, 0.4) is 0 Å². The third-order valence-electron chi connectivity index (χ3n) is 4.99. The maximum Gasteiger partial charge on any atom is 0.0702 e. The predicted molar refractivity (Wildman–Crippen MR) is 109 cm³/mol. The van der Waals surface area contributed by atoms with Crippen molar-refractivity contribution in [2.45, 2.75) is 6.54 Å². The Morgan fingerprint density at radius 2 is 1.58 bits per heavy atom. The van der Waals surface area contributed by atoms with Crippen molar-refractivity contribution in [2.24, 2.45) is 0 Å². The fourth-order valence-corrected chi connectivity index (χ4v) is 3.49. The van der Waals surface area contributed by atoms with Crippen molar-refractivity contribution in [1.29, 1.82) is 0 Å². The first-order valence-corrected chi connectivity index (χ1v) is 9.37. The molecule has 3 aromatic rings. The second kappa shape index (κ2) is 8.26. The van der Waals surface area contributed by atoms with Crippen LogP contribution in [0.1, 0.15) is 11.1 Å². The molecule has 0 bridgehead atoms. The van der Waals surface area contributed by atoms with E-state index in [1.165, 1.54) is 16.5 Å². The van der Waals surface area contributed by atoms with E-state index in [-0.39, 0.29) is 0 Å². The second-order valence-electron chi connectivity index (χ2n) is 6.93. The van der Waals surface area contributed by atoms with Gasteiger partial charge in [0.15, 0.2) is 0 Å². The van der Waals surface area contributed by atoms with Crippen LogP contribution in [0.15, 0.2) is 72.9 Å². The van der Waals surface area contributed by atoms with Crippen LogP contribution in [0.2, 0.25) is 0 Å². The number of aromatic nitrogens is 1. The summed E-state index contributed by atoms with van der Waals surface area (Å²) in [6, 6.07) is 21.1. The Balaban J connectivity index is 1.27. The highest BCUT2D eigenvalue weighted by atomic mass is 15.3. The van der Waals surface area contributed by atoms with E-state index in [0.717, 1.165) is 44.8 Å². The highest BCUT2D eigenvalue weighted by molar-refractivity contribution is 5.78. The first kappa shape index (κ1) is 17.0. The Bertz CT molecular complexity index is 865. The van der Waals surface area contributed by atoms with Gasteiger partial charge in [0.1, 0.15) is 0 Å². The minimum Gasteiger partial charge on any atom is -0.297 e. The average molecular weight is 343 g/mol. The van der Waals surface area contributed by atoms with E-state index >= 15 is 0 Å². The lowest BCUT2D eigenvalue weighted by Crippen LogP contribution is -2.45. The lowest BCUT2D eigenvalue weighted by molar-refractivity contribution is 0.137. The molecule has 0 atom stereocenters. The van der Waals surface area contributed by atoms with Crippen LogP contribution in [0.25, 0.3) is 17.0 Å². The Morgan fingerprint density at radius 1 is 0.846 bits per heavy atom. The van der Waals surface area contributed by atoms with Gasteiger partial charge in [0.25, 0.3) is 0 Å². The molecule has 2 heterocycles. The molecule has 3 nitrogen and oxygen atoms in total. The Morgan fingerprint density at radius 3 is 2.42 bits per heavy atom. The summed E-state index contributed by atoms with van der Waals surface area (Å²) in [6.45, 7) is 6.50. The molecule has 1 fully saturated rings. The fraction of sp³-hybridized carbons (Fsp3) is 0.261. The molecule has 1 aliphatic heterocycles. The topological polar surface area (TPSA) is 19.4 Å². The molecule has 2 aromatic carbocycles. The van der Waals surface area contributed by atoms with Crippen molar-refractivity contribution in [1.82, 2.24) is 14.8 Å². The van der Waals surface area contributed by atoms with E-state index in [1.807, 2.05) is 12.3 Å². The van der Waals surface area contributed by atoms with Crippen LogP contribution in [0.5, 0.6) is 0 Å². The molecule has 4 rings (SSSR count). The molecule has 0 spiro atoms. The lowest BCUT2D eigenvalue weighted by atomic mass is 10.1. The highest BCUT2D eigenvalue weighted by Gasteiger charge is 2.16. The first-order chi connectivity index (χ1) is 12.9. The number of piperazine rings is 1. The van der Waals surface area contributed by atoms with Gasteiger partial charge in [-0.05, 0) is 23.3 Å². The molecule has 0 N–H and O–H groups in total. The molecule has 1 aliphatic rings. The Labute approximate surface area is 155 Å². The highest BCUT2D eigenvalue weighted by Crippen LogP contribution is 2.15. The summed E-state index contributed by atoms with van der Waals surface area (Å²) >= 11 is 0. The molecular formula is C23H25N3. The van der Waals surface area contributed by atoms with Gasteiger partial charge in [0.2, 0.25) is 0 Å². The molecule has 1 saturated heterocycles. The smallest absolute Gasteiger partial charge is 0.0702 e. The zero-order chi connectivity index (χ0) is 17.6. The number of rotatable bonds is 5. The summed E-state index contributed by atoms with van der Waals surface area (Å²) in [4.78, 5) is 9.64. The van der Waals surface area contributed by atoms with Gasteiger partial charge in [-0.25, -0.2) is 0 Å². The molecule has 0 amide bonds. The van der Waals surface area contributed by atoms with Gasteiger partial charge < -0.3 is 0 Å². The standard InChI is InChI=1S/C23H25N3/c1-2-7-20(8-3-1)9-6-12-25-13-15-26(16-14-25)19-21-17-22-10-4-5-11-23(22)24-18-21/h1-11,17-18H,12-16,19H2/b9-6-. The lowest BCUT2D eigenvalue weighted by Gasteiger charge is -2.34. The van der Waals surface area contributed by atoms with Crippen molar-refractivity contribution < 1.29 is 0 Å². The quantitative estimate of drug-likeness (QED) is 0.696. The maximum atomic E-state index is 4.58. The van der Waals surface area contributed by atoms with Crippen molar-refractivity contribution in [2.75, 3.05) is 32.7 Å². The second-order valence-corrected chi connectivity index (χ2v) is 6.93. The van der Waals surface area contributed by atoms with Gasteiger partial charge in [-0.15, -0.1) is 0 Å². The Kier molecular flexibility index (Phi) is 5.38. The van der Waals surface area contributed by atoms with Crippen LogP contribution in [0.4, 0.5) is 0 Å². The van der Waals surface area contributed by atoms with Crippen LogP contribution >= 0.6 is 0 Å². The van der Waals surface area contributed by atoms with E-state index in [0.29, 0.717) is 0 Å². The molecule has 1 aromatic heterocycles. The van der Waals surface area contributed by atoms with Crippen LogP contribution in [-0.2, 0) is 6.54 Å². The molecule has 132 valence electrons. The number of hydrogen-bond acceptors (Lipinski definition) is 3. The molecule has 0 unspecified atom stereocenters. The van der Waals surface area contributed by atoms with Gasteiger partial charge in [0.05, 0.1) is 5.52 Å². The summed E-state index contributed by atoms with van der Waals surface area (Å²) in [6.07, 6.45) is 6.52. The van der Waals surface area contributed by atoms with E-state index in [1.54, 1.807) is 0 Å². The molecular weight excluding hydrogens is 318 g/mol. The van der Waals surface area contributed by atoms with Gasteiger partial charge in [-0.1, -0.05) is 60.7 Å². The number of fused-ring (bicyclic) bond motifs is 1. The van der Waals surface area contributed by atoms with E-state index in [2.05, 4.69) is 81.5 Å². The molecule has 0 aliphatic carbocycles. The van der Waals surface area contributed by atoms with Gasteiger partial charge in [-0.2, -0.15) is 0 Å². The SMILES string of the molecule is C(=C/c1ccccc1)/CN1CCN(Cc2cnc3ccccc3c2)CC1. The molecule has 0 radical (unpaired) electrons.